The van der Waals surface area contributed by atoms with Crippen LogP contribution in [0.3, 0.4) is 0 Å². The summed E-state index contributed by atoms with van der Waals surface area (Å²) in [6.07, 6.45) is 0. The third kappa shape index (κ3) is 3.37. The summed E-state index contributed by atoms with van der Waals surface area (Å²) in [7, 11) is 3.29. The number of carbonyl (C=O) groups excluding carboxylic acids is 1. The first kappa shape index (κ1) is 16.7. The lowest BCUT2D eigenvalue weighted by Gasteiger charge is -2.26. The number of ether oxygens (including phenoxy) is 1. The maximum Gasteiger partial charge on any atom is 0.257 e. The Hall–Kier alpha value is -1.71. The molecular weight excluding hydrogens is 321 g/mol. The monoisotopic (exact) mass is 337 g/mol. The summed E-state index contributed by atoms with van der Waals surface area (Å²) in [5.74, 6) is 0.421. The van der Waals surface area contributed by atoms with E-state index in [2.05, 4.69) is 0 Å². The van der Waals surface area contributed by atoms with E-state index in [0.29, 0.717) is 21.4 Å². The summed E-state index contributed by atoms with van der Waals surface area (Å²) in [6.45, 7) is 1.92. The molecule has 3 nitrogen and oxygen atoms in total. The Kier molecular flexibility index (Phi) is 5.33. The van der Waals surface area contributed by atoms with Crippen LogP contribution in [0.2, 0.25) is 10.0 Å². The normalized spacial score (nSPS) is 11.9. The highest BCUT2D eigenvalue weighted by Crippen LogP contribution is 2.30. The predicted octanol–water partition coefficient (Wildman–Crippen LogP) is 4.84. The van der Waals surface area contributed by atoms with Gasteiger partial charge in [-0.05, 0) is 36.8 Å². The zero-order valence-corrected chi connectivity index (χ0v) is 14.2. The van der Waals surface area contributed by atoms with Crippen molar-refractivity contribution in [2.45, 2.75) is 13.0 Å². The molecule has 0 aliphatic rings. The molecule has 22 heavy (non-hydrogen) atoms. The average Bonchev–Trinajstić information content (AvgIpc) is 2.52. The van der Waals surface area contributed by atoms with Gasteiger partial charge in [0, 0.05) is 17.1 Å². The van der Waals surface area contributed by atoms with Crippen LogP contribution in [-0.4, -0.2) is 25.0 Å². The molecule has 2 aromatic carbocycles. The number of para-hydroxylation sites is 1. The molecule has 0 N–H and O–H groups in total. The molecule has 1 unspecified atom stereocenters. The van der Waals surface area contributed by atoms with Crippen LogP contribution in [0.15, 0.2) is 42.5 Å². The van der Waals surface area contributed by atoms with E-state index in [-0.39, 0.29) is 11.9 Å². The standard InChI is InChI=1S/C17H17Cl2NO2/c1-11(13-9-8-12(18)10-15(13)19)20(2)17(21)14-6-4-5-7-16(14)22-3/h4-11H,1-3H3. The molecule has 0 fully saturated rings. The van der Waals surface area contributed by atoms with Crippen molar-refractivity contribution in [1.82, 2.24) is 4.90 Å². The summed E-state index contributed by atoms with van der Waals surface area (Å²) in [5.41, 5.74) is 1.36. The van der Waals surface area contributed by atoms with Gasteiger partial charge in [-0.1, -0.05) is 41.4 Å². The van der Waals surface area contributed by atoms with Crippen LogP contribution in [0.1, 0.15) is 28.9 Å². The molecule has 0 saturated carbocycles. The minimum atomic E-state index is -0.192. The highest BCUT2D eigenvalue weighted by atomic mass is 35.5. The zero-order valence-electron chi connectivity index (χ0n) is 12.6. The highest BCUT2D eigenvalue weighted by Gasteiger charge is 2.23. The quantitative estimate of drug-likeness (QED) is 0.799. The summed E-state index contributed by atoms with van der Waals surface area (Å²) in [4.78, 5) is 14.3. The van der Waals surface area contributed by atoms with Gasteiger partial charge in [0.05, 0.1) is 18.7 Å². The van der Waals surface area contributed by atoms with Crippen molar-refractivity contribution >= 4 is 29.1 Å². The van der Waals surface area contributed by atoms with Gasteiger partial charge in [-0.2, -0.15) is 0 Å². The Morgan fingerprint density at radius 2 is 1.86 bits per heavy atom. The first-order valence-electron chi connectivity index (χ1n) is 6.80. The maximum absolute atomic E-state index is 12.7. The van der Waals surface area contributed by atoms with Crippen LogP contribution in [-0.2, 0) is 0 Å². The fourth-order valence-electron chi connectivity index (χ4n) is 2.24. The maximum atomic E-state index is 12.7. The molecule has 0 aliphatic heterocycles. The van der Waals surface area contributed by atoms with E-state index in [9.17, 15) is 4.79 Å². The van der Waals surface area contributed by atoms with Gasteiger partial charge < -0.3 is 9.64 Å². The first-order valence-corrected chi connectivity index (χ1v) is 7.56. The van der Waals surface area contributed by atoms with Gasteiger partial charge in [0.2, 0.25) is 0 Å². The number of rotatable bonds is 4. The third-order valence-electron chi connectivity index (χ3n) is 3.65. The van der Waals surface area contributed by atoms with Gasteiger partial charge in [0.25, 0.3) is 5.91 Å². The number of carbonyl (C=O) groups is 1. The molecule has 0 saturated heterocycles. The Morgan fingerprint density at radius 3 is 2.50 bits per heavy atom. The summed E-state index contributed by atoms with van der Waals surface area (Å²) in [5, 5.41) is 1.11. The Bertz CT molecular complexity index is 688. The number of halogens is 2. The fraction of sp³-hybridized carbons (Fsp3) is 0.235. The van der Waals surface area contributed by atoms with Gasteiger partial charge in [-0.25, -0.2) is 0 Å². The second-order valence-corrected chi connectivity index (χ2v) is 5.80. The van der Waals surface area contributed by atoms with Crippen LogP contribution >= 0.6 is 23.2 Å². The zero-order chi connectivity index (χ0) is 16.3. The number of benzene rings is 2. The molecular formula is C17H17Cl2NO2. The summed E-state index contributed by atoms with van der Waals surface area (Å²) >= 11 is 12.1. The molecule has 1 atom stereocenters. The molecule has 1 amide bonds. The van der Waals surface area contributed by atoms with Gasteiger partial charge in [0.15, 0.2) is 0 Å². The highest BCUT2D eigenvalue weighted by molar-refractivity contribution is 6.35. The second-order valence-electron chi connectivity index (χ2n) is 4.96. The topological polar surface area (TPSA) is 29.5 Å². The van der Waals surface area contributed by atoms with Crippen LogP contribution in [0.5, 0.6) is 5.75 Å². The lowest BCUT2D eigenvalue weighted by Crippen LogP contribution is -2.30. The smallest absolute Gasteiger partial charge is 0.257 e. The summed E-state index contributed by atoms with van der Waals surface area (Å²) in [6, 6.07) is 12.2. The van der Waals surface area contributed by atoms with E-state index in [4.69, 9.17) is 27.9 Å². The lowest BCUT2D eigenvalue weighted by molar-refractivity contribution is 0.0739. The van der Waals surface area contributed by atoms with Crippen LogP contribution in [0, 0.1) is 0 Å². The van der Waals surface area contributed by atoms with Crippen molar-refractivity contribution in [3.05, 3.63) is 63.6 Å². The molecule has 0 aromatic heterocycles. The molecule has 0 spiro atoms. The molecule has 2 rings (SSSR count). The molecule has 0 bridgehead atoms. The van der Waals surface area contributed by atoms with Gasteiger partial charge in [-0.3, -0.25) is 4.79 Å². The van der Waals surface area contributed by atoms with E-state index in [0.717, 1.165) is 5.56 Å². The van der Waals surface area contributed by atoms with E-state index in [1.165, 1.54) is 0 Å². The van der Waals surface area contributed by atoms with Crippen molar-refractivity contribution in [1.29, 1.82) is 0 Å². The second kappa shape index (κ2) is 7.03. The summed E-state index contributed by atoms with van der Waals surface area (Å²) < 4.78 is 5.25. The molecule has 5 heteroatoms. The van der Waals surface area contributed by atoms with E-state index in [1.54, 1.807) is 43.3 Å². The van der Waals surface area contributed by atoms with E-state index < -0.39 is 0 Å². The number of methoxy groups -OCH3 is 1. The predicted molar refractivity (Wildman–Crippen MR) is 90.0 cm³/mol. The lowest BCUT2D eigenvalue weighted by atomic mass is 10.1. The van der Waals surface area contributed by atoms with Crippen molar-refractivity contribution in [3.63, 3.8) is 0 Å². The van der Waals surface area contributed by atoms with Gasteiger partial charge in [-0.15, -0.1) is 0 Å². The molecule has 0 aliphatic carbocycles. The van der Waals surface area contributed by atoms with Crippen molar-refractivity contribution in [2.24, 2.45) is 0 Å². The number of nitrogens with zero attached hydrogens (tertiary/aromatic N) is 1. The first-order chi connectivity index (χ1) is 10.5. The Labute approximate surface area is 140 Å². The van der Waals surface area contributed by atoms with Crippen molar-refractivity contribution < 1.29 is 9.53 Å². The molecule has 0 heterocycles. The number of amides is 1. The molecule has 116 valence electrons. The van der Waals surface area contributed by atoms with E-state index >= 15 is 0 Å². The van der Waals surface area contributed by atoms with Crippen LogP contribution in [0.4, 0.5) is 0 Å². The minimum Gasteiger partial charge on any atom is -0.496 e. The van der Waals surface area contributed by atoms with Gasteiger partial charge >= 0.3 is 0 Å². The van der Waals surface area contributed by atoms with Crippen molar-refractivity contribution in [2.75, 3.05) is 14.2 Å². The minimum absolute atomic E-state index is 0.129. The SMILES string of the molecule is COc1ccccc1C(=O)N(C)C(C)c1ccc(Cl)cc1Cl. The Balaban J connectivity index is 2.30. The fourth-order valence-corrected chi connectivity index (χ4v) is 2.80. The van der Waals surface area contributed by atoms with Crippen LogP contribution < -0.4 is 4.74 Å². The third-order valence-corrected chi connectivity index (χ3v) is 4.21. The van der Waals surface area contributed by atoms with Crippen molar-refractivity contribution in [3.8, 4) is 5.75 Å². The molecule has 2 aromatic rings. The number of hydrogen-bond acceptors (Lipinski definition) is 2. The Morgan fingerprint density at radius 1 is 1.18 bits per heavy atom. The van der Waals surface area contributed by atoms with Gasteiger partial charge in [0.1, 0.15) is 5.75 Å². The largest absolute Gasteiger partial charge is 0.496 e. The van der Waals surface area contributed by atoms with E-state index in [1.807, 2.05) is 25.1 Å². The average molecular weight is 338 g/mol. The van der Waals surface area contributed by atoms with Crippen LogP contribution in [0.25, 0.3) is 0 Å². The molecule has 0 radical (unpaired) electrons. The number of hydrogen-bond donors (Lipinski definition) is 0.